The van der Waals surface area contributed by atoms with E-state index in [0.717, 1.165) is 16.6 Å². The molecule has 3 nitrogen and oxygen atoms in total. The number of imidazole rings is 1. The SMILES string of the molecule is Cc1cccc2[nH]c(CNC(C)CC(F)(F)F)nc12. The van der Waals surface area contributed by atoms with E-state index in [1.807, 2.05) is 25.1 Å². The van der Waals surface area contributed by atoms with E-state index in [9.17, 15) is 13.2 Å². The number of nitrogens with one attached hydrogen (secondary N) is 2. The Labute approximate surface area is 109 Å². The number of hydrogen-bond donors (Lipinski definition) is 2. The minimum atomic E-state index is -4.14. The fourth-order valence-electron chi connectivity index (χ4n) is 2.00. The van der Waals surface area contributed by atoms with Crippen LogP contribution in [0.1, 0.15) is 24.7 Å². The molecule has 1 unspecified atom stereocenters. The van der Waals surface area contributed by atoms with Gasteiger partial charge in [0.15, 0.2) is 0 Å². The number of halogens is 3. The Morgan fingerprint density at radius 3 is 2.74 bits per heavy atom. The Morgan fingerprint density at radius 2 is 2.11 bits per heavy atom. The van der Waals surface area contributed by atoms with Gasteiger partial charge < -0.3 is 10.3 Å². The highest BCUT2D eigenvalue weighted by Gasteiger charge is 2.29. The van der Waals surface area contributed by atoms with Crippen molar-refractivity contribution in [2.24, 2.45) is 0 Å². The van der Waals surface area contributed by atoms with Gasteiger partial charge in [-0.2, -0.15) is 13.2 Å². The van der Waals surface area contributed by atoms with Crippen molar-refractivity contribution >= 4 is 11.0 Å². The summed E-state index contributed by atoms with van der Waals surface area (Å²) in [6.07, 6.45) is -4.98. The van der Waals surface area contributed by atoms with Gasteiger partial charge in [-0.3, -0.25) is 0 Å². The van der Waals surface area contributed by atoms with E-state index >= 15 is 0 Å². The molecule has 1 aromatic carbocycles. The number of rotatable bonds is 4. The molecular formula is C13H16F3N3. The van der Waals surface area contributed by atoms with Gasteiger partial charge in [-0.1, -0.05) is 12.1 Å². The molecule has 0 fully saturated rings. The van der Waals surface area contributed by atoms with E-state index in [1.54, 1.807) is 0 Å². The lowest BCUT2D eigenvalue weighted by Gasteiger charge is -2.14. The number of H-pyrrole nitrogens is 1. The van der Waals surface area contributed by atoms with E-state index in [2.05, 4.69) is 15.3 Å². The molecule has 0 aliphatic heterocycles. The van der Waals surface area contributed by atoms with Crippen molar-refractivity contribution in [3.8, 4) is 0 Å². The lowest BCUT2D eigenvalue weighted by Crippen LogP contribution is -2.31. The number of para-hydroxylation sites is 1. The third-order valence-corrected chi connectivity index (χ3v) is 2.92. The maximum absolute atomic E-state index is 12.2. The molecule has 104 valence electrons. The van der Waals surface area contributed by atoms with Crippen molar-refractivity contribution in [2.75, 3.05) is 0 Å². The van der Waals surface area contributed by atoms with Crippen molar-refractivity contribution in [3.05, 3.63) is 29.6 Å². The first-order valence-corrected chi connectivity index (χ1v) is 6.09. The highest BCUT2D eigenvalue weighted by atomic mass is 19.4. The summed E-state index contributed by atoms with van der Waals surface area (Å²) in [7, 11) is 0. The van der Waals surface area contributed by atoms with E-state index in [-0.39, 0.29) is 0 Å². The number of alkyl halides is 3. The average Bonchev–Trinajstić information content (AvgIpc) is 2.68. The van der Waals surface area contributed by atoms with Gasteiger partial charge in [0, 0.05) is 6.04 Å². The Balaban J connectivity index is 2.00. The van der Waals surface area contributed by atoms with Gasteiger partial charge >= 0.3 is 6.18 Å². The smallest absolute Gasteiger partial charge is 0.341 e. The van der Waals surface area contributed by atoms with Crippen LogP contribution in [0.2, 0.25) is 0 Å². The number of nitrogens with zero attached hydrogens (tertiary/aromatic N) is 1. The normalized spacial score (nSPS) is 13.9. The summed E-state index contributed by atoms with van der Waals surface area (Å²) in [5.41, 5.74) is 2.81. The maximum Gasteiger partial charge on any atom is 0.390 e. The summed E-state index contributed by atoms with van der Waals surface area (Å²) >= 11 is 0. The van der Waals surface area contributed by atoms with Crippen molar-refractivity contribution in [1.82, 2.24) is 15.3 Å². The number of hydrogen-bond acceptors (Lipinski definition) is 2. The molecule has 2 aromatic rings. The molecule has 2 N–H and O–H groups in total. The fourth-order valence-corrected chi connectivity index (χ4v) is 2.00. The van der Waals surface area contributed by atoms with Crippen LogP contribution in [0.15, 0.2) is 18.2 Å². The van der Waals surface area contributed by atoms with Crippen LogP contribution in [0.5, 0.6) is 0 Å². The first kappa shape index (κ1) is 13.9. The second kappa shape index (κ2) is 5.21. The third kappa shape index (κ3) is 3.70. The number of aromatic amines is 1. The van der Waals surface area contributed by atoms with Crippen LogP contribution in [0.25, 0.3) is 11.0 Å². The maximum atomic E-state index is 12.2. The first-order chi connectivity index (χ1) is 8.85. The van der Waals surface area contributed by atoms with Crippen LogP contribution in [0.4, 0.5) is 13.2 Å². The second-order valence-electron chi connectivity index (χ2n) is 4.76. The summed E-state index contributed by atoms with van der Waals surface area (Å²) in [5, 5.41) is 2.82. The predicted molar refractivity (Wildman–Crippen MR) is 67.8 cm³/mol. The Bertz CT molecular complexity index is 560. The Hall–Kier alpha value is -1.56. The molecule has 0 radical (unpaired) electrons. The van der Waals surface area contributed by atoms with Gasteiger partial charge in [0.25, 0.3) is 0 Å². The fraction of sp³-hybridized carbons (Fsp3) is 0.462. The summed E-state index contributed by atoms with van der Waals surface area (Å²) in [6, 6.07) is 5.14. The monoisotopic (exact) mass is 271 g/mol. The van der Waals surface area contributed by atoms with Crippen molar-refractivity contribution in [3.63, 3.8) is 0 Å². The van der Waals surface area contributed by atoms with E-state index in [4.69, 9.17) is 0 Å². The molecule has 0 bridgehead atoms. The zero-order chi connectivity index (χ0) is 14.0. The zero-order valence-electron chi connectivity index (χ0n) is 10.8. The molecule has 2 rings (SSSR count). The quantitative estimate of drug-likeness (QED) is 0.895. The molecule has 6 heteroatoms. The molecule has 1 atom stereocenters. The molecule has 0 aliphatic carbocycles. The number of benzene rings is 1. The first-order valence-electron chi connectivity index (χ1n) is 6.09. The molecule has 19 heavy (non-hydrogen) atoms. The predicted octanol–water partition coefficient (Wildman–Crippen LogP) is 3.30. The lowest BCUT2D eigenvalue weighted by atomic mass is 10.2. The van der Waals surface area contributed by atoms with E-state index < -0.39 is 18.6 Å². The van der Waals surface area contributed by atoms with Crippen LogP contribution in [0, 0.1) is 6.92 Å². The molecular weight excluding hydrogens is 255 g/mol. The lowest BCUT2D eigenvalue weighted by molar-refractivity contribution is -0.139. The van der Waals surface area contributed by atoms with Crippen molar-refractivity contribution in [2.45, 2.75) is 39.0 Å². The van der Waals surface area contributed by atoms with Gasteiger partial charge in [-0.25, -0.2) is 4.98 Å². The van der Waals surface area contributed by atoms with Gasteiger partial charge in [-0.05, 0) is 25.5 Å². The summed E-state index contributed by atoms with van der Waals surface area (Å²) in [6.45, 7) is 3.76. The summed E-state index contributed by atoms with van der Waals surface area (Å²) in [5.74, 6) is 0.651. The van der Waals surface area contributed by atoms with Crippen LogP contribution in [-0.4, -0.2) is 22.2 Å². The summed E-state index contributed by atoms with van der Waals surface area (Å²) < 4.78 is 36.6. The summed E-state index contributed by atoms with van der Waals surface area (Å²) in [4.78, 5) is 7.48. The number of fused-ring (bicyclic) bond motifs is 1. The molecule has 1 aromatic heterocycles. The van der Waals surface area contributed by atoms with E-state index in [0.29, 0.717) is 12.4 Å². The molecule has 0 saturated carbocycles. The zero-order valence-corrected chi connectivity index (χ0v) is 10.8. The minimum absolute atomic E-state index is 0.297. The highest BCUT2D eigenvalue weighted by molar-refractivity contribution is 5.78. The molecule has 0 aliphatic rings. The topological polar surface area (TPSA) is 40.7 Å². The minimum Gasteiger partial charge on any atom is -0.341 e. The van der Waals surface area contributed by atoms with Crippen molar-refractivity contribution in [1.29, 1.82) is 0 Å². The van der Waals surface area contributed by atoms with Crippen molar-refractivity contribution < 1.29 is 13.2 Å². The Kier molecular flexibility index (Phi) is 3.80. The Morgan fingerprint density at radius 1 is 1.37 bits per heavy atom. The van der Waals surface area contributed by atoms with Crippen LogP contribution in [0.3, 0.4) is 0 Å². The standard InChI is InChI=1S/C13H16F3N3/c1-8-4-3-5-10-12(8)19-11(18-10)7-17-9(2)6-13(14,15)16/h3-5,9,17H,6-7H2,1-2H3,(H,18,19). The van der Waals surface area contributed by atoms with Gasteiger partial charge in [0.1, 0.15) is 5.82 Å². The molecule has 0 spiro atoms. The number of aromatic nitrogens is 2. The third-order valence-electron chi connectivity index (χ3n) is 2.92. The van der Waals surface area contributed by atoms with Crippen LogP contribution < -0.4 is 5.32 Å². The van der Waals surface area contributed by atoms with Gasteiger partial charge in [-0.15, -0.1) is 0 Å². The second-order valence-corrected chi connectivity index (χ2v) is 4.76. The molecule has 0 saturated heterocycles. The largest absolute Gasteiger partial charge is 0.390 e. The molecule has 0 amide bonds. The van der Waals surface area contributed by atoms with Gasteiger partial charge in [0.05, 0.1) is 24.0 Å². The van der Waals surface area contributed by atoms with Crippen LogP contribution in [-0.2, 0) is 6.54 Å². The van der Waals surface area contributed by atoms with Crippen LogP contribution >= 0.6 is 0 Å². The molecule has 1 heterocycles. The average molecular weight is 271 g/mol. The van der Waals surface area contributed by atoms with Gasteiger partial charge in [0.2, 0.25) is 0 Å². The highest BCUT2D eigenvalue weighted by Crippen LogP contribution is 2.21. The van der Waals surface area contributed by atoms with E-state index in [1.165, 1.54) is 6.92 Å². The number of aryl methyl sites for hydroxylation is 1.